The molecule has 4 heteroatoms. The van der Waals surface area contributed by atoms with E-state index in [2.05, 4.69) is 15.6 Å². The average Bonchev–Trinajstić information content (AvgIpc) is 2.30. The summed E-state index contributed by atoms with van der Waals surface area (Å²) < 4.78 is 0. The van der Waals surface area contributed by atoms with Crippen molar-refractivity contribution in [3.63, 3.8) is 0 Å². The number of hydrogen-bond acceptors (Lipinski definition) is 4. The molecule has 0 radical (unpaired) electrons. The third-order valence-electron chi connectivity index (χ3n) is 2.16. The number of nitrogens with two attached hydrogens (primary N) is 1. The molecule has 3 N–H and O–H groups in total. The van der Waals surface area contributed by atoms with E-state index < -0.39 is 0 Å². The fourth-order valence-corrected chi connectivity index (χ4v) is 1.38. The fourth-order valence-electron chi connectivity index (χ4n) is 1.38. The zero-order valence-corrected chi connectivity index (χ0v) is 7.77. The van der Waals surface area contributed by atoms with Crippen LogP contribution in [0.5, 0.6) is 0 Å². The molecule has 0 atom stereocenters. The van der Waals surface area contributed by atoms with E-state index in [-0.39, 0.29) is 0 Å². The van der Waals surface area contributed by atoms with Crippen LogP contribution in [-0.4, -0.2) is 11.9 Å². The molecule has 0 aromatic heterocycles. The lowest BCUT2D eigenvalue weighted by molar-refractivity contribution is 1.06. The Bertz CT molecular complexity index is 364. The van der Waals surface area contributed by atoms with Crippen LogP contribution < -0.4 is 11.3 Å². The first kappa shape index (κ1) is 8.90. The van der Waals surface area contributed by atoms with Crippen LogP contribution in [0.1, 0.15) is 18.4 Å². The third-order valence-corrected chi connectivity index (χ3v) is 2.16. The Hall–Kier alpha value is -1.68. The molecule has 0 fully saturated rings. The summed E-state index contributed by atoms with van der Waals surface area (Å²) in [5.41, 5.74) is 5.63. The van der Waals surface area contributed by atoms with Crippen molar-refractivity contribution in [1.29, 1.82) is 0 Å². The van der Waals surface area contributed by atoms with Gasteiger partial charge in [-0.3, -0.25) is 5.84 Å². The van der Waals surface area contributed by atoms with E-state index in [0.717, 1.165) is 29.8 Å². The lowest BCUT2D eigenvalue weighted by atomic mass is 10.1. The highest BCUT2D eigenvalue weighted by atomic mass is 15.2. The molecule has 0 spiro atoms. The Labute approximate surface area is 82.5 Å². The van der Waals surface area contributed by atoms with E-state index in [1.54, 1.807) is 0 Å². The molecule has 2 rings (SSSR count). The second-order valence-electron chi connectivity index (χ2n) is 3.11. The molecule has 1 aliphatic heterocycles. The average molecular weight is 188 g/mol. The first-order valence-corrected chi connectivity index (χ1v) is 4.55. The molecule has 72 valence electrons. The summed E-state index contributed by atoms with van der Waals surface area (Å²) >= 11 is 0. The number of rotatable bonds is 2. The predicted molar refractivity (Wildman–Crippen MR) is 58.5 cm³/mol. The molecular weight excluding hydrogens is 176 g/mol. The molecule has 0 unspecified atom stereocenters. The van der Waals surface area contributed by atoms with Gasteiger partial charge in [-0.15, -0.1) is 0 Å². The van der Waals surface area contributed by atoms with Crippen LogP contribution in [0.3, 0.4) is 0 Å². The maximum atomic E-state index is 5.27. The molecule has 0 saturated heterocycles. The lowest BCUT2D eigenvalue weighted by Gasteiger charge is -2.07. The van der Waals surface area contributed by atoms with Crippen molar-refractivity contribution >= 4 is 17.6 Å². The van der Waals surface area contributed by atoms with Crippen molar-refractivity contribution in [3.05, 3.63) is 29.8 Å². The van der Waals surface area contributed by atoms with E-state index in [1.807, 2.05) is 30.5 Å². The van der Waals surface area contributed by atoms with E-state index in [1.165, 1.54) is 0 Å². The van der Waals surface area contributed by atoms with Crippen LogP contribution in [-0.2, 0) is 0 Å². The largest absolute Gasteiger partial charge is 0.324 e. The highest BCUT2D eigenvalue weighted by Crippen LogP contribution is 2.13. The fraction of sp³-hybridized carbons (Fsp3) is 0.200. The summed E-state index contributed by atoms with van der Waals surface area (Å²) in [6, 6.07) is 7.84. The Balaban J connectivity index is 2.24. The normalized spacial score (nSPS) is 15.1. The lowest BCUT2D eigenvalue weighted by Crippen LogP contribution is -2.08. The van der Waals surface area contributed by atoms with Crippen LogP contribution >= 0.6 is 0 Å². The summed E-state index contributed by atoms with van der Waals surface area (Å²) in [6.07, 6.45) is 3.76. The summed E-state index contributed by atoms with van der Waals surface area (Å²) in [5, 5.41) is 7.99. The smallest absolute Gasteiger partial charge is 0.0706 e. The van der Waals surface area contributed by atoms with Gasteiger partial charge >= 0.3 is 0 Å². The minimum atomic E-state index is 0.897. The molecule has 0 amide bonds. The topological polar surface area (TPSA) is 62.8 Å². The molecule has 1 heterocycles. The van der Waals surface area contributed by atoms with Crippen molar-refractivity contribution < 1.29 is 0 Å². The molecule has 14 heavy (non-hydrogen) atoms. The van der Waals surface area contributed by atoms with Crippen molar-refractivity contribution in [2.45, 2.75) is 12.8 Å². The molecule has 4 nitrogen and oxygen atoms in total. The molecule has 1 aromatic rings. The first-order chi connectivity index (χ1) is 6.90. The summed E-state index contributed by atoms with van der Waals surface area (Å²) in [7, 11) is 0. The molecule has 1 aromatic carbocycles. The standard InChI is InChI=1S/C10H12N4/c11-13-9-5-3-8(4-6-9)10-2-1-7-12-14-10/h3-7,13H,1-2,11H2. The minimum absolute atomic E-state index is 0.897. The highest BCUT2D eigenvalue weighted by Gasteiger charge is 2.05. The van der Waals surface area contributed by atoms with Gasteiger partial charge in [-0.2, -0.15) is 10.2 Å². The second kappa shape index (κ2) is 4.02. The zero-order valence-electron chi connectivity index (χ0n) is 7.77. The van der Waals surface area contributed by atoms with E-state index in [0.29, 0.717) is 0 Å². The van der Waals surface area contributed by atoms with E-state index in [4.69, 9.17) is 5.84 Å². The van der Waals surface area contributed by atoms with Gasteiger partial charge in [-0.05, 0) is 30.5 Å². The van der Waals surface area contributed by atoms with Crippen LogP contribution in [0, 0.1) is 0 Å². The molecule has 0 saturated carbocycles. The first-order valence-electron chi connectivity index (χ1n) is 4.55. The monoisotopic (exact) mass is 188 g/mol. The quantitative estimate of drug-likeness (QED) is 0.546. The van der Waals surface area contributed by atoms with Gasteiger partial charge in [-0.1, -0.05) is 12.1 Å². The molecular formula is C10H12N4. The van der Waals surface area contributed by atoms with Gasteiger partial charge in [-0.25, -0.2) is 0 Å². The van der Waals surface area contributed by atoms with Crippen LogP contribution in [0.25, 0.3) is 0 Å². The van der Waals surface area contributed by atoms with Crippen molar-refractivity contribution in [2.24, 2.45) is 16.0 Å². The molecule has 0 bridgehead atoms. The highest BCUT2D eigenvalue weighted by molar-refractivity contribution is 6.02. The maximum absolute atomic E-state index is 5.27. The van der Waals surface area contributed by atoms with Crippen molar-refractivity contribution in [2.75, 3.05) is 5.43 Å². The van der Waals surface area contributed by atoms with Crippen LogP contribution in [0.4, 0.5) is 5.69 Å². The number of hydrazine groups is 1. The maximum Gasteiger partial charge on any atom is 0.0706 e. The molecule has 0 aliphatic carbocycles. The summed E-state index contributed by atoms with van der Waals surface area (Å²) in [6.45, 7) is 0. The summed E-state index contributed by atoms with van der Waals surface area (Å²) in [5.74, 6) is 5.27. The second-order valence-corrected chi connectivity index (χ2v) is 3.11. The minimum Gasteiger partial charge on any atom is -0.324 e. The van der Waals surface area contributed by atoms with E-state index in [9.17, 15) is 0 Å². The van der Waals surface area contributed by atoms with E-state index >= 15 is 0 Å². The number of anilines is 1. The van der Waals surface area contributed by atoms with Gasteiger partial charge < -0.3 is 5.43 Å². The van der Waals surface area contributed by atoms with Gasteiger partial charge in [0, 0.05) is 11.9 Å². The van der Waals surface area contributed by atoms with Gasteiger partial charge in [0.05, 0.1) is 5.71 Å². The zero-order chi connectivity index (χ0) is 9.80. The Morgan fingerprint density at radius 1 is 1.21 bits per heavy atom. The van der Waals surface area contributed by atoms with Gasteiger partial charge in [0.15, 0.2) is 0 Å². The number of nitrogens with one attached hydrogen (secondary N) is 1. The SMILES string of the molecule is NNc1ccc(C2=NN=CCC2)cc1. The number of nitrogen functional groups attached to an aromatic ring is 1. The van der Waals surface area contributed by atoms with Crippen molar-refractivity contribution in [3.8, 4) is 0 Å². The number of nitrogens with zero attached hydrogens (tertiary/aromatic N) is 2. The van der Waals surface area contributed by atoms with Crippen LogP contribution in [0.15, 0.2) is 34.5 Å². The third kappa shape index (κ3) is 1.80. The van der Waals surface area contributed by atoms with Crippen molar-refractivity contribution in [1.82, 2.24) is 0 Å². The summed E-state index contributed by atoms with van der Waals surface area (Å²) in [4.78, 5) is 0. The van der Waals surface area contributed by atoms with Crippen LogP contribution in [0.2, 0.25) is 0 Å². The van der Waals surface area contributed by atoms with Gasteiger partial charge in [0.25, 0.3) is 0 Å². The van der Waals surface area contributed by atoms with Gasteiger partial charge in [0.2, 0.25) is 0 Å². The molecule has 1 aliphatic rings. The van der Waals surface area contributed by atoms with Gasteiger partial charge in [0.1, 0.15) is 0 Å². The Kier molecular flexibility index (Phi) is 2.55. The number of hydrogen-bond donors (Lipinski definition) is 2. The Morgan fingerprint density at radius 2 is 2.00 bits per heavy atom. The number of benzene rings is 1. The Morgan fingerprint density at radius 3 is 2.57 bits per heavy atom. The predicted octanol–water partition coefficient (Wildman–Crippen LogP) is 1.54.